The highest BCUT2D eigenvalue weighted by molar-refractivity contribution is 6.29. The van der Waals surface area contributed by atoms with Gasteiger partial charge in [-0.05, 0) is 24.1 Å². The number of amides is 1. The van der Waals surface area contributed by atoms with Crippen LogP contribution in [0.3, 0.4) is 0 Å². The van der Waals surface area contributed by atoms with Crippen LogP contribution in [0.4, 0.5) is 4.39 Å². The van der Waals surface area contributed by atoms with Crippen LogP contribution in [0.5, 0.6) is 0 Å². The lowest BCUT2D eigenvalue weighted by atomic mass is 10.2. The van der Waals surface area contributed by atoms with Crippen molar-refractivity contribution >= 4 is 17.5 Å². The summed E-state index contributed by atoms with van der Waals surface area (Å²) < 4.78 is 18.0. The Morgan fingerprint density at radius 2 is 2.00 bits per heavy atom. The summed E-state index contributed by atoms with van der Waals surface area (Å²) in [5, 5.41) is 3.93. The average Bonchev–Trinajstić information content (AvgIpc) is 2.88. The molecule has 5 nitrogen and oxygen atoms in total. The first-order chi connectivity index (χ1) is 12.1. The molecular weight excluding hydrogens is 345 g/mol. The van der Waals surface area contributed by atoms with Crippen molar-refractivity contribution in [2.24, 2.45) is 0 Å². The predicted molar refractivity (Wildman–Crippen MR) is 92.7 cm³/mol. The smallest absolute Gasteiger partial charge is 0.223 e. The van der Waals surface area contributed by atoms with Crippen LogP contribution >= 0.6 is 11.6 Å². The first kappa shape index (κ1) is 17.9. The van der Waals surface area contributed by atoms with Crippen LogP contribution in [0, 0.1) is 5.82 Å². The molecule has 0 spiro atoms. The zero-order valence-electron chi connectivity index (χ0n) is 14.0. The molecule has 3 rings (SSSR count). The van der Waals surface area contributed by atoms with Gasteiger partial charge < -0.3 is 9.42 Å². The molecule has 0 aliphatic carbocycles. The molecule has 1 aromatic carbocycles. The van der Waals surface area contributed by atoms with Gasteiger partial charge in [-0.2, -0.15) is 0 Å². The molecule has 134 valence electrons. The lowest BCUT2D eigenvalue weighted by Gasteiger charge is -2.22. The molecule has 0 atom stereocenters. The van der Waals surface area contributed by atoms with Crippen LogP contribution < -0.4 is 0 Å². The van der Waals surface area contributed by atoms with Crippen LogP contribution in [0.2, 0.25) is 5.15 Å². The number of hydrogen-bond donors (Lipinski definition) is 0. The van der Waals surface area contributed by atoms with Crippen molar-refractivity contribution in [2.75, 3.05) is 26.2 Å². The van der Waals surface area contributed by atoms with Gasteiger partial charge in [0.25, 0.3) is 0 Å². The maximum atomic E-state index is 13.0. The topological polar surface area (TPSA) is 49.6 Å². The highest BCUT2D eigenvalue weighted by atomic mass is 35.5. The van der Waals surface area contributed by atoms with Crippen LogP contribution in [0.15, 0.2) is 34.9 Å². The molecule has 1 aromatic heterocycles. The van der Waals surface area contributed by atoms with Crippen LogP contribution in [-0.4, -0.2) is 47.0 Å². The van der Waals surface area contributed by atoms with Crippen LogP contribution in [-0.2, 0) is 17.8 Å². The van der Waals surface area contributed by atoms with E-state index in [2.05, 4.69) is 10.1 Å². The molecule has 1 amide bonds. The van der Waals surface area contributed by atoms with Gasteiger partial charge in [-0.1, -0.05) is 28.9 Å². The maximum Gasteiger partial charge on any atom is 0.223 e. The predicted octanol–water partition coefficient (Wildman–Crippen LogP) is 3.13. The Labute approximate surface area is 151 Å². The minimum atomic E-state index is -0.218. The summed E-state index contributed by atoms with van der Waals surface area (Å²) in [5.41, 5.74) is 1.09. The molecule has 0 bridgehead atoms. The Morgan fingerprint density at radius 1 is 1.20 bits per heavy atom. The van der Waals surface area contributed by atoms with E-state index >= 15 is 0 Å². The molecule has 25 heavy (non-hydrogen) atoms. The second-order valence-electron chi connectivity index (χ2n) is 6.25. The molecule has 2 heterocycles. The standard InChI is InChI=1S/C18H21ClFN3O2/c19-17-12-16(25-21-17)6-7-18(24)23-9-1-8-22(10-11-23)13-14-2-4-15(20)5-3-14/h2-5,12H,1,6-11,13H2. The van der Waals surface area contributed by atoms with Gasteiger partial charge in [-0.3, -0.25) is 9.69 Å². The Kier molecular flexibility index (Phi) is 6.04. The van der Waals surface area contributed by atoms with Crippen LogP contribution in [0.25, 0.3) is 0 Å². The van der Waals surface area contributed by atoms with Gasteiger partial charge in [0.05, 0.1) is 0 Å². The van der Waals surface area contributed by atoms with E-state index in [1.54, 1.807) is 6.07 Å². The molecule has 1 aliphatic rings. The summed E-state index contributed by atoms with van der Waals surface area (Å²) >= 11 is 5.71. The number of nitrogens with zero attached hydrogens (tertiary/aromatic N) is 3. The average molecular weight is 366 g/mol. The Bertz CT molecular complexity index is 705. The minimum absolute atomic E-state index is 0.121. The van der Waals surface area contributed by atoms with Crippen molar-refractivity contribution in [3.05, 3.63) is 52.6 Å². The van der Waals surface area contributed by atoms with E-state index in [1.165, 1.54) is 12.1 Å². The fourth-order valence-corrected chi connectivity index (χ4v) is 3.18. The van der Waals surface area contributed by atoms with Gasteiger partial charge in [-0.15, -0.1) is 0 Å². The fourth-order valence-electron chi connectivity index (χ4n) is 3.02. The summed E-state index contributed by atoms with van der Waals surface area (Å²) in [7, 11) is 0. The quantitative estimate of drug-likeness (QED) is 0.816. The summed E-state index contributed by atoms with van der Waals surface area (Å²) in [6.45, 7) is 3.99. The largest absolute Gasteiger partial charge is 0.360 e. The zero-order chi connectivity index (χ0) is 17.6. The van der Waals surface area contributed by atoms with Crippen molar-refractivity contribution in [1.82, 2.24) is 15.0 Å². The summed E-state index contributed by atoms with van der Waals surface area (Å²) in [5.74, 6) is 0.534. The van der Waals surface area contributed by atoms with Gasteiger partial charge >= 0.3 is 0 Å². The fraction of sp³-hybridized carbons (Fsp3) is 0.444. The summed E-state index contributed by atoms with van der Waals surface area (Å²) in [6.07, 6.45) is 1.83. The van der Waals surface area contributed by atoms with Crippen molar-refractivity contribution < 1.29 is 13.7 Å². The van der Waals surface area contributed by atoms with Crippen molar-refractivity contribution in [3.63, 3.8) is 0 Å². The molecule has 0 radical (unpaired) electrons. The molecule has 1 fully saturated rings. The zero-order valence-corrected chi connectivity index (χ0v) is 14.7. The molecule has 2 aromatic rings. The van der Waals surface area contributed by atoms with Gasteiger partial charge in [0.15, 0.2) is 5.15 Å². The van der Waals surface area contributed by atoms with E-state index in [0.29, 0.717) is 30.3 Å². The first-order valence-electron chi connectivity index (χ1n) is 8.46. The number of carbonyl (C=O) groups excluding carboxylic acids is 1. The van der Waals surface area contributed by atoms with Crippen molar-refractivity contribution in [1.29, 1.82) is 0 Å². The van der Waals surface area contributed by atoms with E-state index in [-0.39, 0.29) is 11.7 Å². The van der Waals surface area contributed by atoms with E-state index in [4.69, 9.17) is 16.1 Å². The third-order valence-electron chi connectivity index (χ3n) is 4.38. The lowest BCUT2D eigenvalue weighted by Crippen LogP contribution is -2.35. The number of hydrogen-bond acceptors (Lipinski definition) is 4. The van der Waals surface area contributed by atoms with E-state index in [1.807, 2.05) is 17.0 Å². The number of rotatable bonds is 5. The van der Waals surface area contributed by atoms with E-state index in [0.717, 1.165) is 38.2 Å². The van der Waals surface area contributed by atoms with Gasteiger partial charge in [0.2, 0.25) is 5.91 Å². The number of aromatic nitrogens is 1. The first-order valence-corrected chi connectivity index (χ1v) is 8.83. The molecule has 7 heteroatoms. The molecule has 1 saturated heterocycles. The number of aryl methyl sites for hydroxylation is 1. The summed E-state index contributed by atoms with van der Waals surface area (Å²) in [4.78, 5) is 16.6. The Morgan fingerprint density at radius 3 is 2.72 bits per heavy atom. The minimum Gasteiger partial charge on any atom is -0.360 e. The number of carbonyl (C=O) groups is 1. The number of halogens is 2. The second-order valence-corrected chi connectivity index (χ2v) is 6.64. The molecule has 1 aliphatic heterocycles. The van der Waals surface area contributed by atoms with Gasteiger partial charge in [-0.25, -0.2) is 4.39 Å². The third kappa shape index (κ3) is 5.28. The van der Waals surface area contributed by atoms with Gasteiger partial charge in [0.1, 0.15) is 11.6 Å². The molecule has 0 unspecified atom stereocenters. The van der Waals surface area contributed by atoms with Crippen molar-refractivity contribution in [2.45, 2.75) is 25.8 Å². The van der Waals surface area contributed by atoms with E-state index < -0.39 is 0 Å². The highest BCUT2D eigenvalue weighted by Gasteiger charge is 2.19. The highest BCUT2D eigenvalue weighted by Crippen LogP contribution is 2.13. The van der Waals surface area contributed by atoms with E-state index in [9.17, 15) is 9.18 Å². The molecular formula is C18H21ClFN3O2. The van der Waals surface area contributed by atoms with Crippen molar-refractivity contribution in [3.8, 4) is 0 Å². The maximum absolute atomic E-state index is 13.0. The summed E-state index contributed by atoms with van der Waals surface area (Å²) in [6, 6.07) is 8.23. The SMILES string of the molecule is O=C(CCc1cc(Cl)no1)N1CCCN(Cc2ccc(F)cc2)CC1. The molecule has 0 saturated carbocycles. The third-order valence-corrected chi connectivity index (χ3v) is 4.55. The lowest BCUT2D eigenvalue weighted by molar-refractivity contribution is -0.131. The monoisotopic (exact) mass is 365 g/mol. The van der Waals surface area contributed by atoms with Crippen LogP contribution in [0.1, 0.15) is 24.2 Å². The Hall–Kier alpha value is -1.92. The number of benzene rings is 1. The normalized spacial score (nSPS) is 16.0. The van der Waals surface area contributed by atoms with Gasteiger partial charge in [0, 0.05) is 51.6 Å². The Balaban J connectivity index is 1.47. The molecule has 0 N–H and O–H groups in total. The second kappa shape index (κ2) is 8.45.